The van der Waals surface area contributed by atoms with Gasteiger partial charge in [-0.1, -0.05) is 11.6 Å². The molecule has 154 valence electrons. The molecule has 3 aliphatic heterocycles. The van der Waals surface area contributed by atoms with E-state index in [1.54, 1.807) is 29.6 Å². The van der Waals surface area contributed by atoms with Gasteiger partial charge >= 0.3 is 6.18 Å². The van der Waals surface area contributed by atoms with Crippen LogP contribution in [-0.2, 0) is 4.79 Å². The van der Waals surface area contributed by atoms with E-state index in [1.807, 2.05) is 5.32 Å². The van der Waals surface area contributed by atoms with Crippen molar-refractivity contribution in [2.24, 2.45) is 10.9 Å². The van der Waals surface area contributed by atoms with E-state index in [-0.39, 0.29) is 5.92 Å². The number of halogens is 4. The van der Waals surface area contributed by atoms with Gasteiger partial charge in [0.1, 0.15) is 24.2 Å². The highest BCUT2D eigenvalue weighted by molar-refractivity contribution is 6.30. The summed E-state index contributed by atoms with van der Waals surface area (Å²) in [6.45, 7) is -0.815. The molecule has 0 bridgehead atoms. The number of amides is 1. The van der Waals surface area contributed by atoms with Crippen molar-refractivity contribution in [3.8, 4) is 0 Å². The molecule has 1 aromatic heterocycles. The third-order valence-corrected chi connectivity index (χ3v) is 5.29. The van der Waals surface area contributed by atoms with Crippen LogP contribution in [0.25, 0.3) is 5.57 Å². The minimum absolute atomic E-state index is 0.0767. The third kappa shape index (κ3) is 4.21. The molecule has 0 spiro atoms. The second-order valence-corrected chi connectivity index (χ2v) is 7.50. The van der Waals surface area contributed by atoms with Crippen LogP contribution in [0.1, 0.15) is 25.1 Å². The maximum atomic E-state index is 12.4. The van der Waals surface area contributed by atoms with Crippen molar-refractivity contribution in [2.75, 3.05) is 18.0 Å². The molecule has 4 heterocycles. The summed E-state index contributed by atoms with van der Waals surface area (Å²) in [6.07, 6.45) is 2.25. The van der Waals surface area contributed by atoms with Crippen LogP contribution < -0.4 is 15.5 Å². The number of fused-ring (bicyclic) bond motifs is 1. The third-order valence-electron chi connectivity index (χ3n) is 5.04. The zero-order chi connectivity index (χ0) is 20.6. The van der Waals surface area contributed by atoms with Gasteiger partial charge < -0.3 is 15.5 Å². The zero-order valence-corrected chi connectivity index (χ0v) is 16.0. The molecule has 1 fully saturated rings. The summed E-state index contributed by atoms with van der Waals surface area (Å²) in [5, 5.41) is 5.69. The first-order valence-electron chi connectivity index (χ1n) is 9.15. The van der Waals surface area contributed by atoms with Gasteiger partial charge in [0.2, 0.25) is 5.91 Å². The second-order valence-electron chi connectivity index (χ2n) is 7.01. The first-order chi connectivity index (χ1) is 13.8. The summed E-state index contributed by atoms with van der Waals surface area (Å²) in [5.74, 6) is 1.01. The number of hydrogen-bond acceptors (Lipinski definition) is 6. The predicted molar refractivity (Wildman–Crippen MR) is 102 cm³/mol. The molecular formula is C18H18ClF3N6O. The Morgan fingerprint density at radius 1 is 1.41 bits per heavy atom. The fraction of sp³-hybridized carbons (Fsp3) is 0.444. The van der Waals surface area contributed by atoms with Crippen molar-refractivity contribution in [1.29, 1.82) is 0 Å². The highest BCUT2D eigenvalue weighted by Gasteiger charge is 2.36. The van der Waals surface area contributed by atoms with Crippen molar-refractivity contribution >= 4 is 34.7 Å². The zero-order valence-electron chi connectivity index (χ0n) is 15.2. The topological polar surface area (TPSA) is 82.5 Å². The van der Waals surface area contributed by atoms with E-state index in [9.17, 15) is 18.0 Å². The number of rotatable bonds is 4. The second kappa shape index (κ2) is 7.66. The molecule has 29 heavy (non-hydrogen) atoms. The van der Waals surface area contributed by atoms with E-state index in [1.165, 1.54) is 0 Å². The van der Waals surface area contributed by atoms with Crippen molar-refractivity contribution in [2.45, 2.75) is 31.5 Å². The molecule has 0 radical (unpaired) electrons. The van der Waals surface area contributed by atoms with E-state index < -0.39 is 24.7 Å². The van der Waals surface area contributed by atoms with Crippen LogP contribution in [0.4, 0.5) is 19.0 Å². The average molecular weight is 427 g/mol. The molecule has 0 saturated carbocycles. The molecule has 1 saturated heterocycles. The highest BCUT2D eigenvalue weighted by Crippen LogP contribution is 2.35. The monoisotopic (exact) mass is 426 g/mol. The molecule has 1 amide bonds. The van der Waals surface area contributed by atoms with Crippen molar-refractivity contribution in [1.82, 2.24) is 20.6 Å². The summed E-state index contributed by atoms with van der Waals surface area (Å²) < 4.78 is 37.3. The van der Waals surface area contributed by atoms with E-state index in [4.69, 9.17) is 11.6 Å². The normalized spacial score (nSPS) is 23.7. The van der Waals surface area contributed by atoms with Gasteiger partial charge in [-0.25, -0.2) is 15.0 Å². The summed E-state index contributed by atoms with van der Waals surface area (Å²) in [5.41, 5.74) is 0.828. The summed E-state index contributed by atoms with van der Waals surface area (Å²) >= 11 is 6.11. The number of aromatic nitrogens is 2. The van der Waals surface area contributed by atoms with Crippen LogP contribution in [0.5, 0.6) is 0 Å². The van der Waals surface area contributed by atoms with Crippen LogP contribution in [0.15, 0.2) is 34.7 Å². The Kier molecular flexibility index (Phi) is 5.20. The number of hydrogen-bond donors (Lipinski definition) is 2. The van der Waals surface area contributed by atoms with Crippen LogP contribution in [-0.4, -0.2) is 47.0 Å². The largest absolute Gasteiger partial charge is 0.405 e. The fourth-order valence-electron chi connectivity index (χ4n) is 3.71. The maximum absolute atomic E-state index is 12.4. The summed E-state index contributed by atoms with van der Waals surface area (Å²) in [6, 6.07) is 0.963. The lowest BCUT2D eigenvalue weighted by atomic mass is 9.95. The lowest BCUT2D eigenvalue weighted by Crippen LogP contribution is -2.46. The Balaban J connectivity index is 1.52. The molecular weight excluding hydrogens is 409 g/mol. The lowest BCUT2D eigenvalue weighted by molar-refractivity contribution is -0.139. The number of aliphatic imine (C=N–C) groups is 1. The molecule has 2 N–H and O–H groups in total. The predicted octanol–water partition coefficient (Wildman–Crippen LogP) is 2.57. The first kappa shape index (κ1) is 19.7. The van der Waals surface area contributed by atoms with Gasteiger partial charge in [0.05, 0.1) is 5.92 Å². The Morgan fingerprint density at radius 3 is 3.03 bits per heavy atom. The molecule has 2 unspecified atom stereocenters. The van der Waals surface area contributed by atoms with Crippen molar-refractivity contribution in [3.05, 3.63) is 35.5 Å². The van der Waals surface area contributed by atoms with Gasteiger partial charge in [-0.3, -0.25) is 4.79 Å². The van der Waals surface area contributed by atoms with Crippen LogP contribution in [0.3, 0.4) is 0 Å². The van der Waals surface area contributed by atoms with Crippen LogP contribution in [0.2, 0.25) is 0 Å². The summed E-state index contributed by atoms with van der Waals surface area (Å²) in [7, 11) is 0. The number of amidine groups is 1. The standard InChI is InChI=1S/C18H18ClF3N6O/c19-10-6-11-12(8-25-15(11)24-7-10)16-23-4-3-14(27-16)28-5-1-2-13(28)17(29)26-9-18(20,21)22/h3-4,7-8,11,13H,1-2,5-6,9H2,(H,24,25)(H,26,29). The quantitative estimate of drug-likeness (QED) is 0.773. The number of anilines is 1. The number of nitrogens with one attached hydrogen (secondary N) is 2. The smallest absolute Gasteiger partial charge is 0.349 e. The van der Waals surface area contributed by atoms with Gasteiger partial charge in [0.25, 0.3) is 0 Å². The first-order valence-corrected chi connectivity index (χ1v) is 9.53. The van der Waals surface area contributed by atoms with Gasteiger partial charge in [0, 0.05) is 35.7 Å². The van der Waals surface area contributed by atoms with E-state index in [2.05, 4.69) is 20.3 Å². The molecule has 1 aromatic rings. The number of carbonyl (C=O) groups is 1. The molecule has 7 nitrogen and oxygen atoms in total. The van der Waals surface area contributed by atoms with Gasteiger partial charge in [0.15, 0.2) is 5.82 Å². The number of allylic oxidation sites excluding steroid dienone is 1. The highest BCUT2D eigenvalue weighted by atomic mass is 35.5. The van der Waals surface area contributed by atoms with E-state index in [0.717, 1.165) is 11.4 Å². The number of alkyl halides is 3. The Morgan fingerprint density at radius 2 is 2.24 bits per heavy atom. The SMILES string of the molecule is O=C(NCC(F)(F)F)C1CCCN1c1ccnc(C2=CNC3=NC=C(Cl)CC23)n1. The number of carbonyl (C=O) groups excluding carboxylic acids is 1. The molecule has 2 atom stereocenters. The fourth-order valence-corrected chi connectivity index (χ4v) is 3.91. The Labute approximate surface area is 169 Å². The molecule has 4 rings (SSSR count). The lowest BCUT2D eigenvalue weighted by Gasteiger charge is -2.25. The minimum Gasteiger partial charge on any atom is -0.349 e. The molecule has 11 heteroatoms. The van der Waals surface area contributed by atoms with Crippen molar-refractivity contribution in [3.63, 3.8) is 0 Å². The van der Waals surface area contributed by atoms with Crippen LogP contribution >= 0.6 is 11.6 Å². The van der Waals surface area contributed by atoms with Crippen LogP contribution in [0, 0.1) is 5.92 Å². The van der Waals surface area contributed by atoms with Crippen molar-refractivity contribution < 1.29 is 18.0 Å². The van der Waals surface area contributed by atoms with E-state index >= 15 is 0 Å². The average Bonchev–Trinajstić information content (AvgIpc) is 3.32. The minimum atomic E-state index is -4.45. The Hall–Kier alpha value is -2.62. The van der Waals surface area contributed by atoms with Gasteiger partial charge in [-0.2, -0.15) is 13.2 Å². The maximum Gasteiger partial charge on any atom is 0.405 e. The number of nitrogens with zero attached hydrogens (tertiary/aromatic N) is 4. The summed E-state index contributed by atoms with van der Waals surface area (Å²) in [4.78, 5) is 27.2. The molecule has 3 aliphatic rings. The molecule has 0 aromatic carbocycles. The van der Waals surface area contributed by atoms with Gasteiger partial charge in [-0.05, 0) is 25.3 Å². The van der Waals surface area contributed by atoms with Gasteiger partial charge in [-0.15, -0.1) is 0 Å². The molecule has 0 aliphatic carbocycles. The van der Waals surface area contributed by atoms with E-state index in [0.29, 0.717) is 42.5 Å². The Bertz CT molecular complexity index is 913.